The Bertz CT molecular complexity index is 74.5. The van der Waals surface area contributed by atoms with Gasteiger partial charge in [-0.15, -0.1) is 6.58 Å². The van der Waals surface area contributed by atoms with Crippen molar-refractivity contribution in [3.63, 3.8) is 0 Å². The molecule has 0 heterocycles. The molecule has 0 spiro atoms. The fraction of sp³-hybridized carbons (Fsp3) is 0.714. The fourth-order valence-corrected chi connectivity index (χ4v) is 0.608. The van der Waals surface area contributed by atoms with E-state index >= 15 is 0 Å². The van der Waals surface area contributed by atoms with Crippen LogP contribution in [-0.4, -0.2) is 10.7 Å². The van der Waals surface area contributed by atoms with Crippen LogP contribution in [-0.2, 0) is 0 Å². The van der Waals surface area contributed by atoms with Gasteiger partial charge in [0, 0.05) is 0 Å². The number of rotatable bonds is 3. The van der Waals surface area contributed by atoms with Gasteiger partial charge in [0.2, 0.25) is 0 Å². The third-order valence-corrected chi connectivity index (χ3v) is 1.20. The van der Waals surface area contributed by atoms with E-state index in [0.717, 1.165) is 12.8 Å². The molecular formula is C7H14O. The van der Waals surface area contributed by atoms with Crippen LogP contribution in [0.3, 0.4) is 0 Å². The molecule has 48 valence electrons. The Morgan fingerprint density at radius 3 is 2.38 bits per heavy atom. The number of hydrogen-bond donors (Lipinski definition) is 1. The monoisotopic (exact) mass is 114 g/mol. The standard InChI is InChI=1S/C7H14O/c1-4-6-7(3,8)5-2/h5,8H,2,4,6H2,1,3H3/t7-/m0/s1. The first kappa shape index (κ1) is 7.70. The van der Waals surface area contributed by atoms with Crippen molar-refractivity contribution in [1.82, 2.24) is 0 Å². The van der Waals surface area contributed by atoms with Crippen LogP contribution < -0.4 is 0 Å². The summed E-state index contributed by atoms with van der Waals surface area (Å²) >= 11 is 0. The Morgan fingerprint density at radius 1 is 1.75 bits per heavy atom. The summed E-state index contributed by atoms with van der Waals surface area (Å²) in [6.45, 7) is 7.31. The lowest BCUT2D eigenvalue weighted by Gasteiger charge is -2.15. The Labute approximate surface area is 51.0 Å². The van der Waals surface area contributed by atoms with E-state index in [0.29, 0.717) is 0 Å². The van der Waals surface area contributed by atoms with Crippen LogP contribution in [0.15, 0.2) is 12.7 Å². The normalized spacial score (nSPS) is 17.4. The molecule has 1 N–H and O–H groups in total. The van der Waals surface area contributed by atoms with Gasteiger partial charge in [-0.3, -0.25) is 0 Å². The van der Waals surface area contributed by atoms with Crippen LogP contribution in [0.25, 0.3) is 0 Å². The highest BCUT2D eigenvalue weighted by Crippen LogP contribution is 2.11. The second-order valence-corrected chi connectivity index (χ2v) is 2.31. The zero-order chi connectivity index (χ0) is 6.62. The second kappa shape index (κ2) is 2.88. The molecule has 0 bridgehead atoms. The zero-order valence-corrected chi connectivity index (χ0v) is 5.65. The molecule has 0 aromatic heterocycles. The van der Waals surface area contributed by atoms with Crippen LogP contribution in [0.2, 0.25) is 0 Å². The summed E-state index contributed by atoms with van der Waals surface area (Å²) in [5.41, 5.74) is -0.644. The molecule has 0 rings (SSSR count). The van der Waals surface area contributed by atoms with E-state index in [4.69, 9.17) is 0 Å². The minimum atomic E-state index is -0.644. The van der Waals surface area contributed by atoms with Crippen molar-refractivity contribution in [3.8, 4) is 0 Å². The minimum absolute atomic E-state index is 0.644. The smallest absolute Gasteiger partial charge is 0.0796 e. The Balaban J connectivity index is 3.53. The van der Waals surface area contributed by atoms with Crippen molar-refractivity contribution in [3.05, 3.63) is 12.7 Å². The minimum Gasteiger partial charge on any atom is -0.386 e. The van der Waals surface area contributed by atoms with Gasteiger partial charge in [0.05, 0.1) is 5.60 Å². The maximum atomic E-state index is 9.21. The van der Waals surface area contributed by atoms with Gasteiger partial charge in [-0.2, -0.15) is 0 Å². The van der Waals surface area contributed by atoms with Gasteiger partial charge < -0.3 is 5.11 Å². The highest BCUT2D eigenvalue weighted by Gasteiger charge is 2.11. The lowest BCUT2D eigenvalue weighted by atomic mass is 10.0. The van der Waals surface area contributed by atoms with E-state index < -0.39 is 5.60 Å². The average molecular weight is 114 g/mol. The molecule has 0 unspecified atom stereocenters. The van der Waals surface area contributed by atoms with Gasteiger partial charge in [0.15, 0.2) is 0 Å². The molecule has 1 atom stereocenters. The van der Waals surface area contributed by atoms with Crippen molar-refractivity contribution in [2.75, 3.05) is 0 Å². The molecule has 0 aliphatic heterocycles. The fourth-order valence-electron chi connectivity index (χ4n) is 0.608. The van der Waals surface area contributed by atoms with E-state index in [9.17, 15) is 5.11 Å². The Morgan fingerprint density at radius 2 is 2.25 bits per heavy atom. The molecule has 0 amide bonds. The predicted octanol–water partition coefficient (Wildman–Crippen LogP) is 1.72. The summed E-state index contributed by atoms with van der Waals surface area (Å²) in [6.07, 6.45) is 3.38. The van der Waals surface area contributed by atoms with Crippen LogP contribution in [0.1, 0.15) is 26.7 Å². The molecular weight excluding hydrogens is 100 g/mol. The molecule has 0 aliphatic carbocycles. The molecule has 0 fully saturated rings. The van der Waals surface area contributed by atoms with Crippen LogP contribution in [0.4, 0.5) is 0 Å². The first-order valence-corrected chi connectivity index (χ1v) is 2.98. The molecule has 0 aromatic rings. The summed E-state index contributed by atoms with van der Waals surface area (Å²) in [6, 6.07) is 0. The van der Waals surface area contributed by atoms with E-state index in [1.807, 2.05) is 6.92 Å². The summed E-state index contributed by atoms with van der Waals surface area (Å²) in [5, 5.41) is 9.21. The van der Waals surface area contributed by atoms with E-state index in [1.165, 1.54) is 0 Å². The first-order valence-electron chi connectivity index (χ1n) is 2.98. The average Bonchev–Trinajstić information content (AvgIpc) is 1.67. The topological polar surface area (TPSA) is 20.2 Å². The molecule has 0 radical (unpaired) electrons. The van der Waals surface area contributed by atoms with E-state index in [2.05, 4.69) is 6.58 Å². The van der Waals surface area contributed by atoms with Crippen LogP contribution in [0, 0.1) is 0 Å². The Hall–Kier alpha value is -0.300. The van der Waals surface area contributed by atoms with Crippen LogP contribution >= 0.6 is 0 Å². The summed E-state index contributed by atoms with van der Waals surface area (Å²) in [5.74, 6) is 0. The first-order chi connectivity index (χ1) is 3.62. The van der Waals surface area contributed by atoms with Gasteiger partial charge in [-0.05, 0) is 13.3 Å². The summed E-state index contributed by atoms with van der Waals surface area (Å²) < 4.78 is 0. The van der Waals surface area contributed by atoms with E-state index in [-0.39, 0.29) is 0 Å². The third kappa shape index (κ3) is 2.80. The highest BCUT2D eigenvalue weighted by atomic mass is 16.3. The SMILES string of the molecule is C=C[C@](C)(O)CCC. The quantitative estimate of drug-likeness (QED) is 0.554. The van der Waals surface area contributed by atoms with Crippen molar-refractivity contribution >= 4 is 0 Å². The van der Waals surface area contributed by atoms with E-state index in [1.54, 1.807) is 13.0 Å². The van der Waals surface area contributed by atoms with Gasteiger partial charge in [0.1, 0.15) is 0 Å². The Kier molecular flexibility index (Phi) is 2.77. The van der Waals surface area contributed by atoms with Crippen molar-refractivity contribution in [1.29, 1.82) is 0 Å². The third-order valence-electron chi connectivity index (χ3n) is 1.20. The summed E-state index contributed by atoms with van der Waals surface area (Å²) in [4.78, 5) is 0. The van der Waals surface area contributed by atoms with Crippen molar-refractivity contribution in [2.45, 2.75) is 32.3 Å². The zero-order valence-electron chi connectivity index (χ0n) is 5.65. The van der Waals surface area contributed by atoms with Gasteiger partial charge in [0.25, 0.3) is 0 Å². The molecule has 1 heteroatoms. The van der Waals surface area contributed by atoms with Gasteiger partial charge in [-0.25, -0.2) is 0 Å². The second-order valence-electron chi connectivity index (χ2n) is 2.31. The number of aliphatic hydroxyl groups is 1. The number of hydrogen-bond acceptors (Lipinski definition) is 1. The molecule has 0 aliphatic rings. The predicted molar refractivity (Wildman–Crippen MR) is 35.7 cm³/mol. The van der Waals surface area contributed by atoms with Crippen molar-refractivity contribution < 1.29 is 5.11 Å². The molecule has 0 saturated heterocycles. The maximum Gasteiger partial charge on any atom is 0.0796 e. The lowest BCUT2D eigenvalue weighted by Crippen LogP contribution is -2.18. The van der Waals surface area contributed by atoms with Crippen molar-refractivity contribution in [2.24, 2.45) is 0 Å². The molecule has 8 heavy (non-hydrogen) atoms. The lowest BCUT2D eigenvalue weighted by molar-refractivity contribution is 0.101. The molecule has 0 aromatic carbocycles. The highest BCUT2D eigenvalue weighted by molar-refractivity contribution is 4.90. The summed E-state index contributed by atoms with van der Waals surface area (Å²) in [7, 11) is 0. The van der Waals surface area contributed by atoms with Crippen LogP contribution in [0.5, 0.6) is 0 Å². The largest absolute Gasteiger partial charge is 0.386 e. The molecule has 1 nitrogen and oxygen atoms in total. The van der Waals surface area contributed by atoms with Gasteiger partial charge in [-0.1, -0.05) is 19.4 Å². The maximum absolute atomic E-state index is 9.21. The van der Waals surface area contributed by atoms with Gasteiger partial charge >= 0.3 is 0 Å². The molecule has 0 saturated carbocycles.